The first-order valence-electron chi connectivity index (χ1n) is 10.1. The SMILES string of the molecule is CCC(=O)Nc1c(C)noc1C=Cc1ccc(S(=O)(=O)N2CCN(CC)CC2)cc1. The highest BCUT2D eigenvalue weighted by Crippen LogP contribution is 2.23. The Morgan fingerprint density at radius 1 is 1.13 bits per heavy atom. The molecule has 0 radical (unpaired) electrons. The molecular formula is C21H28N4O4S. The number of aryl methyl sites for hydroxylation is 1. The lowest BCUT2D eigenvalue weighted by atomic mass is 10.2. The van der Waals surface area contributed by atoms with Crippen molar-refractivity contribution in [2.45, 2.75) is 32.1 Å². The molecule has 1 aliphatic heterocycles. The quantitative estimate of drug-likeness (QED) is 0.723. The number of nitrogens with one attached hydrogen (secondary N) is 1. The molecule has 0 unspecified atom stereocenters. The summed E-state index contributed by atoms with van der Waals surface area (Å²) in [4.78, 5) is 14.2. The average Bonchev–Trinajstić information content (AvgIpc) is 3.11. The van der Waals surface area contributed by atoms with E-state index < -0.39 is 10.0 Å². The molecule has 0 saturated carbocycles. The number of carbonyl (C=O) groups excluding carboxylic acids is 1. The molecule has 1 aliphatic rings. The van der Waals surface area contributed by atoms with Gasteiger partial charge in [-0.15, -0.1) is 0 Å². The lowest BCUT2D eigenvalue weighted by Crippen LogP contribution is -2.48. The Hall–Kier alpha value is -2.49. The number of amides is 1. The maximum absolute atomic E-state index is 12.9. The molecule has 30 heavy (non-hydrogen) atoms. The second kappa shape index (κ2) is 9.55. The van der Waals surface area contributed by atoms with E-state index in [1.165, 1.54) is 0 Å². The normalized spacial score (nSPS) is 16.2. The summed E-state index contributed by atoms with van der Waals surface area (Å²) in [5.74, 6) is 0.324. The van der Waals surface area contributed by atoms with Crippen molar-refractivity contribution in [2.75, 3.05) is 38.0 Å². The fraction of sp³-hybridized carbons (Fsp3) is 0.429. The van der Waals surface area contributed by atoms with Crippen LogP contribution < -0.4 is 5.32 Å². The zero-order valence-electron chi connectivity index (χ0n) is 17.6. The molecule has 8 nitrogen and oxygen atoms in total. The van der Waals surface area contributed by atoms with E-state index in [-0.39, 0.29) is 10.8 Å². The molecule has 2 heterocycles. The van der Waals surface area contributed by atoms with Gasteiger partial charge in [0.25, 0.3) is 0 Å². The van der Waals surface area contributed by atoms with Crippen LogP contribution in [0.4, 0.5) is 5.69 Å². The maximum atomic E-state index is 12.9. The second-order valence-electron chi connectivity index (χ2n) is 7.15. The highest BCUT2D eigenvalue weighted by atomic mass is 32.2. The van der Waals surface area contributed by atoms with Crippen molar-refractivity contribution < 1.29 is 17.7 Å². The van der Waals surface area contributed by atoms with Gasteiger partial charge >= 0.3 is 0 Å². The third kappa shape index (κ3) is 4.97. The lowest BCUT2D eigenvalue weighted by Gasteiger charge is -2.33. The first-order chi connectivity index (χ1) is 14.3. The fourth-order valence-corrected chi connectivity index (χ4v) is 4.66. The summed E-state index contributed by atoms with van der Waals surface area (Å²) in [5.41, 5.74) is 1.95. The first-order valence-corrected chi connectivity index (χ1v) is 11.6. The minimum absolute atomic E-state index is 0.120. The van der Waals surface area contributed by atoms with Gasteiger partial charge in [-0.05, 0) is 37.2 Å². The minimum Gasteiger partial charge on any atom is -0.354 e. The molecule has 1 aromatic carbocycles. The van der Waals surface area contributed by atoms with Gasteiger partial charge in [-0.3, -0.25) is 4.79 Å². The van der Waals surface area contributed by atoms with Crippen LogP contribution in [0.3, 0.4) is 0 Å². The number of carbonyl (C=O) groups is 1. The summed E-state index contributed by atoms with van der Waals surface area (Å²) in [6, 6.07) is 6.73. The number of anilines is 1. The van der Waals surface area contributed by atoms with Crippen LogP contribution in [0, 0.1) is 6.92 Å². The van der Waals surface area contributed by atoms with E-state index in [9.17, 15) is 13.2 Å². The second-order valence-corrected chi connectivity index (χ2v) is 9.09. The summed E-state index contributed by atoms with van der Waals surface area (Å²) < 4.78 is 32.6. The number of piperazine rings is 1. The van der Waals surface area contributed by atoms with Gasteiger partial charge in [0, 0.05) is 32.6 Å². The molecule has 0 bridgehead atoms. The van der Waals surface area contributed by atoms with Crippen LogP contribution in [-0.4, -0.2) is 61.4 Å². The van der Waals surface area contributed by atoms with E-state index in [0.717, 1.165) is 25.2 Å². The Morgan fingerprint density at radius 3 is 2.40 bits per heavy atom. The topological polar surface area (TPSA) is 95.8 Å². The van der Waals surface area contributed by atoms with E-state index in [0.29, 0.717) is 36.7 Å². The summed E-state index contributed by atoms with van der Waals surface area (Å²) in [7, 11) is -3.49. The highest BCUT2D eigenvalue weighted by Gasteiger charge is 2.27. The number of nitrogens with zero attached hydrogens (tertiary/aromatic N) is 3. The van der Waals surface area contributed by atoms with Gasteiger partial charge in [0.1, 0.15) is 11.4 Å². The number of hydrogen-bond donors (Lipinski definition) is 1. The predicted octanol–water partition coefficient (Wildman–Crippen LogP) is 2.83. The Balaban J connectivity index is 1.71. The molecule has 1 aromatic heterocycles. The number of hydrogen-bond acceptors (Lipinski definition) is 6. The average molecular weight is 433 g/mol. The lowest BCUT2D eigenvalue weighted by molar-refractivity contribution is -0.115. The van der Waals surface area contributed by atoms with Crippen LogP contribution >= 0.6 is 0 Å². The van der Waals surface area contributed by atoms with E-state index in [2.05, 4.69) is 22.3 Å². The van der Waals surface area contributed by atoms with E-state index >= 15 is 0 Å². The highest BCUT2D eigenvalue weighted by molar-refractivity contribution is 7.89. The van der Waals surface area contributed by atoms with E-state index in [4.69, 9.17) is 4.52 Å². The zero-order chi connectivity index (χ0) is 21.7. The van der Waals surface area contributed by atoms with Crippen LogP contribution in [-0.2, 0) is 14.8 Å². The third-order valence-corrected chi connectivity index (χ3v) is 7.11. The van der Waals surface area contributed by atoms with Crippen molar-refractivity contribution in [2.24, 2.45) is 0 Å². The Morgan fingerprint density at radius 2 is 1.80 bits per heavy atom. The number of benzene rings is 1. The smallest absolute Gasteiger partial charge is 0.243 e. The molecular weight excluding hydrogens is 404 g/mol. The summed E-state index contributed by atoms with van der Waals surface area (Å²) in [6.07, 6.45) is 3.86. The maximum Gasteiger partial charge on any atom is 0.243 e. The van der Waals surface area contributed by atoms with Crippen LogP contribution in [0.2, 0.25) is 0 Å². The third-order valence-electron chi connectivity index (χ3n) is 5.20. The van der Waals surface area contributed by atoms with Gasteiger partial charge in [0.05, 0.1) is 4.90 Å². The number of aromatic nitrogens is 1. The Kier molecular flexibility index (Phi) is 7.06. The summed E-state index contributed by atoms with van der Waals surface area (Å²) in [6.45, 7) is 9.07. The minimum atomic E-state index is -3.49. The van der Waals surface area contributed by atoms with Crippen molar-refractivity contribution >= 4 is 33.8 Å². The molecule has 0 aliphatic carbocycles. The number of likely N-dealkylation sites (N-methyl/N-ethyl adjacent to an activating group) is 1. The van der Waals surface area contributed by atoms with Crippen molar-refractivity contribution in [3.63, 3.8) is 0 Å². The summed E-state index contributed by atoms with van der Waals surface area (Å²) >= 11 is 0. The molecule has 9 heteroatoms. The molecule has 162 valence electrons. The molecule has 1 N–H and O–H groups in total. The predicted molar refractivity (Wildman–Crippen MR) is 116 cm³/mol. The Bertz CT molecular complexity index is 1000. The van der Waals surface area contributed by atoms with Gasteiger partial charge in [-0.25, -0.2) is 8.42 Å². The molecule has 3 rings (SSSR count). The van der Waals surface area contributed by atoms with Gasteiger partial charge in [0.2, 0.25) is 15.9 Å². The van der Waals surface area contributed by atoms with Crippen molar-refractivity contribution in [3.8, 4) is 0 Å². The van der Waals surface area contributed by atoms with Gasteiger partial charge in [0.15, 0.2) is 5.76 Å². The molecule has 1 amide bonds. The van der Waals surface area contributed by atoms with Crippen LogP contribution in [0.1, 0.15) is 37.3 Å². The van der Waals surface area contributed by atoms with Crippen molar-refractivity contribution in [1.82, 2.24) is 14.4 Å². The fourth-order valence-electron chi connectivity index (χ4n) is 3.24. The molecule has 0 spiro atoms. The van der Waals surface area contributed by atoms with Crippen molar-refractivity contribution in [1.29, 1.82) is 0 Å². The number of sulfonamides is 1. The van der Waals surface area contributed by atoms with Gasteiger partial charge in [-0.2, -0.15) is 4.31 Å². The van der Waals surface area contributed by atoms with Crippen LogP contribution in [0.15, 0.2) is 33.7 Å². The zero-order valence-corrected chi connectivity index (χ0v) is 18.4. The van der Waals surface area contributed by atoms with E-state index in [1.807, 2.05) is 0 Å². The molecule has 1 fully saturated rings. The van der Waals surface area contributed by atoms with Gasteiger partial charge < -0.3 is 14.7 Å². The molecule has 1 saturated heterocycles. The molecule has 2 aromatic rings. The van der Waals surface area contributed by atoms with Crippen LogP contribution in [0.25, 0.3) is 12.2 Å². The summed E-state index contributed by atoms with van der Waals surface area (Å²) in [5, 5.41) is 6.68. The van der Waals surface area contributed by atoms with E-state index in [1.54, 1.807) is 54.6 Å². The number of rotatable bonds is 7. The Labute approximate surface area is 177 Å². The monoisotopic (exact) mass is 432 g/mol. The molecule has 0 atom stereocenters. The van der Waals surface area contributed by atoms with Crippen LogP contribution in [0.5, 0.6) is 0 Å². The standard InChI is InChI=1S/C21H28N4O4S/c1-4-20(26)22-21-16(3)23-29-19(21)11-8-17-6-9-18(10-7-17)30(27,28)25-14-12-24(5-2)13-15-25/h6-11H,4-5,12-15H2,1-3H3,(H,22,26). The largest absolute Gasteiger partial charge is 0.354 e. The first kappa shape index (κ1) is 22.2. The van der Waals surface area contributed by atoms with Crippen molar-refractivity contribution in [3.05, 3.63) is 41.3 Å². The van der Waals surface area contributed by atoms with Gasteiger partial charge in [-0.1, -0.05) is 37.2 Å².